The molecule has 1 saturated heterocycles. The van der Waals surface area contributed by atoms with Crippen molar-refractivity contribution in [2.24, 2.45) is 0 Å². The van der Waals surface area contributed by atoms with Gasteiger partial charge in [0.1, 0.15) is 6.54 Å². The molecule has 27 heavy (non-hydrogen) atoms. The first kappa shape index (κ1) is 21.5. The molecule has 1 fully saturated rings. The largest absolute Gasteiger partial charge is 0.493 e. The van der Waals surface area contributed by atoms with Gasteiger partial charge in [0.2, 0.25) is 0 Å². The van der Waals surface area contributed by atoms with E-state index in [-0.39, 0.29) is 11.0 Å². The van der Waals surface area contributed by atoms with Crippen LogP contribution >= 0.6 is 34.4 Å². The van der Waals surface area contributed by atoms with Crippen molar-refractivity contribution in [1.29, 1.82) is 0 Å². The lowest BCUT2D eigenvalue weighted by Gasteiger charge is -2.14. The van der Waals surface area contributed by atoms with Crippen LogP contribution in [-0.2, 0) is 14.3 Å². The van der Waals surface area contributed by atoms with E-state index in [0.717, 1.165) is 20.2 Å². The number of rotatable bonds is 7. The fourth-order valence-corrected chi connectivity index (χ4v) is 3.97. The number of halogens is 1. The summed E-state index contributed by atoms with van der Waals surface area (Å²) in [5.74, 6) is -0.00684. The van der Waals surface area contributed by atoms with E-state index in [1.165, 1.54) is 7.11 Å². The minimum atomic E-state index is -0.603. The molecular formula is C18H20INO6S. The summed E-state index contributed by atoms with van der Waals surface area (Å²) >= 11 is 2.89. The van der Waals surface area contributed by atoms with Crippen LogP contribution in [0, 0.1) is 3.57 Å². The highest BCUT2D eigenvalue weighted by Crippen LogP contribution is 2.37. The SMILES string of the molecule is CC[C@H](C)OC(=O)CN1C(=O)S/C(=C/c2cc(I)c(OC)c(OC)c2)C1=O. The standard InChI is InChI=1S/C18H20INO6S/c1-5-10(2)26-15(21)9-20-17(22)14(27-18(20)23)8-11-6-12(19)16(25-4)13(7-11)24-3/h6-8,10H,5,9H2,1-4H3/b14-8+/t10-/m0/s1. The first-order valence-corrected chi connectivity index (χ1v) is 10.1. The average Bonchev–Trinajstić information content (AvgIpc) is 2.88. The third-order valence-corrected chi connectivity index (χ3v) is 5.53. The van der Waals surface area contributed by atoms with Gasteiger partial charge in [-0.15, -0.1) is 0 Å². The fraction of sp³-hybridized carbons (Fsp3) is 0.389. The molecule has 0 bridgehead atoms. The molecule has 2 rings (SSSR count). The Morgan fingerprint density at radius 3 is 2.59 bits per heavy atom. The van der Waals surface area contributed by atoms with Crippen molar-refractivity contribution in [3.63, 3.8) is 0 Å². The van der Waals surface area contributed by atoms with E-state index in [1.807, 2.05) is 13.0 Å². The third kappa shape index (κ3) is 5.16. The Balaban J connectivity index is 2.21. The number of esters is 1. The van der Waals surface area contributed by atoms with Crippen LogP contribution in [0.5, 0.6) is 11.5 Å². The highest BCUT2D eigenvalue weighted by atomic mass is 127. The average molecular weight is 505 g/mol. The zero-order valence-corrected chi connectivity index (χ0v) is 18.4. The number of nitrogens with zero attached hydrogens (tertiary/aromatic N) is 1. The molecule has 0 spiro atoms. The van der Waals surface area contributed by atoms with E-state index in [2.05, 4.69) is 22.6 Å². The number of methoxy groups -OCH3 is 2. The van der Waals surface area contributed by atoms with Gasteiger partial charge < -0.3 is 14.2 Å². The summed E-state index contributed by atoms with van der Waals surface area (Å²) < 4.78 is 16.5. The molecule has 146 valence electrons. The molecule has 0 N–H and O–H groups in total. The Hall–Kier alpha value is -1.75. The molecule has 2 amide bonds. The smallest absolute Gasteiger partial charge is 0.326 e. The molecule has 0 aliphatic carbocycles. The van der Waals surface area contributed by atoms with Gasteiger partial charge in [0.05, 0.1) is 28.8 Å². The quantitative estimate of drug-likeness (QED) is 0.318. The Morgan fingerprint density at radius 1 is 1.30 bits per heavy atom. The van der Waals surface area contributed by atoms with Crippen molar-refractivity contribution in [2.45, 2.75) is 26.4 Å². The summed E-state index contributed by atoms with van der Waals surface area (Å²) in [7, 11) is 3.07. The summed E-state index contributed by atoms with van der Waals surface area (Å²) in [5.41, 5.74) is 0.685. The van der Waals surface area contributed by atoms with Gasteiger partial charge in [-0.1, -0.05) is 6.92 Å². The molecule has 0 radical (unpaired) electrons. The molecule has 7 nitrogen and oxygen atoms in total. The van der Waals surface area contributed by atoms with E-state index in [0.29, 0.717) is 23.5 Å². The summed E-state index contributed by atoms with van der Waals surface area (Å²) in [4.78, 5) is 37.7. The Kier molecular flexibility index (Phi) is 7.54. The van der Waals surface area contributed by atoms with Crippen molar-refractivity contribution in [3.8, 4) is 11.5 Å². The van der Waals surface area contributed by atoms with Crippen LogP contribution in [0.2, 0.25) is 0 Å². The predicted octanol–water partition coefficient (Wildman–Crippen LogP) is 3.69. The van der Waals surface area contributed by atoms with Crippen LogP contribution in [0.25, 0.3) is 6.08 Å². The number of benzene rings is 1. The molecule has 1 aliphatic heterocycles. The molecule has 0 unspecified atom stereocenters. The van der Waals surface area contributed by atoms with Crippen LogP contribution in [0.3, 0.4) is 0 Å². The zero-order valence-electron chi connectivity index (χ0n) is 15.4. The molecule has 1 aromatic rings. The van der Waals surface area contributed by atoms with Crippen LogP contribution in [0.15, 0.2) is 17.0 Å². The first-order chi connectivity index (χ1) is 12.8. The van der Waals surface area contributed by atoms with Crippen molar-refractivity contribution in [1.82, 2.24) is 4.90 Å². The number of carbonyl (C=O) groups excluding carboxylic acids is 3. The van der Waals surface area contributed by atoms with E-state index in [1.54, 1.807) is 26.2 Å². The molecule has 9 heteroatoms. The van der Waals surface area contributed by atoms with E-state index < -0.39 is 23.7 Å². The number of hydrogen-bond acceptors (Lipinski definition) is 7. The molecule has 0 aromatic heterocycles. The van der Waals surface area contributed by atoms with Crippen LogP contribution in [0.1, 0.15) is 25.8 Å². The highest BCUT2D eigenvalue weighted by molar-refractivity contribution is 14.1. The van der Waals surface area contributed by atoms with Crippen molar-refractivity contribution < 1.29 is 28.6 Å². The predicted molar refractivity (Wildman–Crippen MR) is 111 cm³/mol. The van der Waals surface area contributed by atoms with Gasteiger partial charge in [0.25, 0.3) is 11.1 Å². The van der Waals surface area contributed by atoms with Gasteiger partial charge in [-0.3, -0.25) is 19.3 Å². The first-order valence-electron chi connectivity index (χ1n) is 8.17. The molecule has 1 aliphatic rings. The number of amides is 2. The van der Waals surface area contributed by atoms with Gasteiger partial charge in [-0.05, 0) is 71.5 Å². The maximum absolute atomic E-state index is 12.5. The van der Waals surface area contributed by atoms with Gasteiger partial charge in [0.15, 0.2) is 11.5 Å². The minimum absolute atomic E-state index is 0.236. The van der Waals surface area contributed by atoms with Crippen LogP contribution < -0.4 is 9.47 Å². The van der Waals surface area contributed by atoms with E-state index in [4.69, 9.17) is 14.2 Å². The second-order valence-electron chi connectivity index (χ2n) is 5.71. The summed E-state index contributed by atoms with van der Waals surface area (Å²) in [5, 5.41) is -0.498. The molecule has 1 heterocycles. The number of carbonyl (C=O) groups is 3. The van der Waals surface area contributed by atoms with E-state index in [9.17, 15) is 14.4 Å². The maximum atomic E-state index is 12.5. The molecule has 0 saturated carbocycles. The lowest BCUT2D eigenvalue weighted by molar-refractivity contribution is -0.150. The minimum Gasteiger partial charge on any atom is -0.493 e. The topological polar surface area (TPSA) is 82.1 Å². The van der Waals surface area contributed by atoms with Gasteiger partial charge in [-0.2, -0.15) is 0 Å². The Morgan fingerprint density at radius 2 is 2.00 bits per heavy atom. The fourth-order valence-electron chi connectivity index (χ4n) is 2.28. The van der Waals surface area contributed by atoms with Gasteiger partial charge >= 0.3 is 5.97 Å². The third-order valence-electron chi connectivity index (χ3n) is 3.82. The normalized spacial score (nSPS) is 16.6. The van der Waals surface area contributed by atoms with Crippen LogP contribution in [-0.4, -0.2) is 48.9 Å². The molecule has 1 aromatic carbocycles. The van der Waals surface area contributed by atoms with Crippen LogP contribution in [0.4, 0.5) is 4.79 Å². The van der Waals surface area contributed by atoms with Crippen molar-refractivity contribution in [2.75, 3.05) is 20.8 Å². The van der Waals surface area contributed by atoms with Gasteiger partial charge in [-0.25, -0.2) is 0 Å². The Bertz CT molecular complexity index is 794. The highest BCUT2D eigenvalue weighted by Gasteiger charge is 2.37. The second-order valence-corrected chi connectivity index (χ2v) is 7.87. The lowest BCUT2D eigenvalue weighted by atomic mass is 10.2. The molecular weight excluding hydrogens is 485 g/mol. The monoisotopic (exact) mass is 505 g/mol. The Labute approximate surface area is 175 Å². The summed E-state index contributed by atoms with van der Waals surface area (Å²) in [6.07, 6.45) is 1.99. The summed E-state index contributed by atoms with van der Waals surface area (Å²) in [6.45, 7) is 3.24. The number of imide groups is 1. The second kappa shape index (κ2) is 9.45. The maximum Gasteiger partial charge on any atom is 0.326 e. The number of thioether (sulfide) groups is 1. The number of hydrogen-bond donors (Lipinski definition) is 0. The molecule has 1 atom stereocenters. The van der Waals surface area contributed by atoms with Gasteiger partial charge in [0, 0.05) is 0 Å². The number of ether oxygens (including phenoxy) is 3. The zero-order chi connectivity index (χ0) is 20.1. The van der Waals surface area contributed by atoms with Crippen molar-refractivity contribution >= 4 is 57.5 Å². The summed E-state index contributed by atoms with van der Waals surface area (Å²) in [6, 6.07) is 3.53. The van der Waals surface area contributed by atoms with E-state index >= 15 is 0 Å². The lowest BCUT2D eigenvalue weighted by Crippen LogP contribution is -2.35. The van der Waals surface area contributed by atoms with Crippen molar-refractivity contribution in [3.05, 3.63) is 26.2 Å².